The third-order valence-electron chi connectivity index (χ3n) is 6.72. The summed E-state index contributed by atoms with van der Waals surface area (Å²) in [6, 6.07) is 32.9. The van der Waals surface area contributed by atoms with Crippen molar-refractivity contribution in [1.29, 1.82) is 0 Å². The summed E-state index contributed by atoms with van der Waals surface area (Å²) < 4.78 is 29.3. The van der Waals surface area contributed by atoms with Crippen molar-refractivity contribution in [3.05, 3.63) is 144 Å². The Bertz CT molecular complexity index is 1570. The quantitative estimate of drug-likeness (QED) is 0.128. The van der Waals surface area contributed by atoms with Gasteiger partial charge in [0.25, 0.3) is 0 Å². The minimum absolute atomic E-state index is 0.221. The van der Waals surface area contributed by atoms with E-state index in [1.807, 2.05) is 0 Å². The molecule has 44 heavy (non-hydrogen) atoms. The van der Waals surface area contributed by atoms with E-state index in [4.69, 9.17) is 23.7 Å². The third kappa shape index (κ3) is 7.58. The SMILES string of the molecule is O=C(OC[C@@H]1O[C@H](Br)[C@H](OC(=O)c2ccccc2)[C@H](OC(=O)c2ccccc2)[C@@H]1OC(=O)c1ccccc1)c1ccccc1. The highest BCUT2D eigenvalue weighted by atomic mass is 79.9. The first-order valence-electron chi connectivity index (χ1n) is 13.7. The van der Waals surface area contributed by atoms with Crippen LogP contribution in [-0.4, -0.2) is 59.9 Å². The lowest BCUT2D eigenvalue weighted by Crippen LogP contribution is -2.61. The van der Waals surface area contributed by atoms with Gasteiger partial charge in [0, 0.05) is 0 Å². The summed E-state index contributed by atoms with van der Waals surface area (Å²) in [6.45, 7) is -0.374. The van der Waals surface area contributed by atoms with Crippen molar-refractivity contribution in [3.8, 4) is 0 Å². The van der Waals surface area contributed by atoms with Crippen LogP contribution in [0, 0.1) is 0 Å². The molecule has 0 N–H and O–H groups in total. The summed E-state index contributed by atoms with van der Waals surface area (Å²) in [4.78, 5) is 52.6. The van der Waals surface area contributed by atoms with Crippen molar-refractivity contribution in [3.63, 3.8) is 0 Å². The van der Waals surface area contributed by atoms with Crippen LogP contribution < -0.4 is 0 Å². The molecule has 224 valence electrons. The first-order valence-corrected chi connectivity index (χ1v) is 14.6. The van der Waals surface area contributed by atoms with Gasteiger partial charge in [-0.3, -0.25) is 0 Å². The number of hydrogen-bond donors (Lipinski definition) is 0. The molecule has 4 aromatic carbocycles. The van der Waals surface area contributed by atoms with E-state index in [0.29, 0.717) is 5.56 Å². The normalized spacial score (nSPS) is 21.0. The molecule has 1 fully saturated rings. The summed E-state index contributed by atoms with van der Waals surface area (Å²) in [6.07, 6.45) is -5.13. The second-order valence-electron chi connectivity index (χ2n) is 9.70. The molecule has 5 rings (SSSR count). The van der Waals surface area contributed by atoms with Crippen LogP contribution in [0.2, 0.25) is 0 Å². The molecular weight excluding hydrogens is 632 g/mol. The summed E-state index contributed by atoms with van der Waals surface area (Å²) >= 11 is 3.40. The number of hydrogen-bond acceptors (Lipinski definition) is 9. The average molecular weight is 659 g/mol. The smallest absolute Gasteiger partial charge is 0.338 e. The Labute approximate surface area is 261 Å². The maximum Gasteiger partial charge on any atom is 0.338 e. The Morgan fingerprint density at radius 1 is 0.500 bits per heavy atom. The average Bonchev–Trinajstić information content (AvgIpc) is 3.07. The second kappa shape index (κ2) is 14.6. The fraction of sp³-hybridized carbons (Fsp3) is 0.176. The molecule has 1 heterocycles. The summed E-state index contributed by atoms with van der Waals surface area (Å²) in [5.74, 6) is -2.85. The number of esters is 4. The van der Waals surface area contributed by atoms with E-state index < -0.39 is 53.3 Å². The molecule has 4 aromatic rings. The molecular formula is C34H27BrO9. The zero-order valence-electron chi connectivity index (χ0n) is 23.2. The maximum absolute atomic E-state index is 13.3. The third-order valence-corrected chi connectivity index (χ3v) is 7.46. The molecule has 0 saturated carbocycles. The summed E-state index contributed by atoms with van der Waals surface area (Å²) in [5.41, 5.74) is 0.994. The van der Waals surface area contributed by atoms with Gasteiger partial charge in [-0.05, 0) is 48.5 Å². The van der Waals surface area contributed by atoms with Crippen molar-refractivity contribution in [2.45, 2.75) is 29.4 Å². The number of halogens is 1. The lowest BCUT2D eigenvalue weighted by Gasteiger charge is -2.43. The molecule has 1 saturated heterocycles. The number of carbonyl (C=O) groups is 4. The minimum Gasteiger partial charge on any atom is -0.459 e. The zero-order chi connectivity index (χ0) is 30.9. The highest BCUT2D eigenvalue weighted by Crippen LogP contribution is 2.33. The standard InChI is InChI=1S/C34H27BrO9/c35-30-29(44-34(39)25-19-11-4-12-20-25)28(43-33(38)24-17-9-3-10-18-24)27(42-32(37)23-15-7-2-8-16-23)26(41-30)21-40-31(36)22-13-5-1-6-14-22/h1-20,26-30H,21H2/t26-,27+,28+,29+,30-/m0/s1. The monoisotopic (exact) mass is 658 g/mol. The van der Waals surface area contributed by atoms with E-state index in [0.717, 1.165) is 0 Å². The van der Waals surface area contributed by atoms with Crippen molar-refractivity contribution in [2.75, 3.05) is 6.61 Å². The van der Waals surface area contributed by atoms with Crippen molar-refractivity contribution >= 4 is 39.8 Å². The van der Waals surface area contributed by atoms with Crippen LogP contribution >= 0.6 is 15.9 Å². The van der Waals surface area contributed by atoms with Gasteiger partial charge in [0.05, 0.1) is 22.3 Å². The van der Waals surface area contributed by atoms with Crippen molar-refractivity contribution in [2.24, 2.45) is 0 Å². The Morgan fingerprint density at radius 2 is 0.841 bits per heavy atom. The molecule has 10 heteroatoms. The first-order chi connectivity index (χ1) is 21.4. The fourth-order valence-electron chi connectivity index (χ4n) is 4.51. The van der Waals surface area contributed by atoms with Crippen LogP contribution in [0.15, 0.2) is 121 Å². The van der Waals surface area contributed by atoms with Crippen LogP contribution in [0.5, 0.6) is 0 Å². The van der Waals surface area contributed by atoms with E-state index in [1.165, 1.54) is 0 Å². The lowest BCUT2D eigenvalue weighted by atomic mass is 9.99. The molecule has 5 atom stereocenters. The molecule has 9 nitrogen and oxygen atoms in total. The molecule has 1 aliphatic rings. The molecule has 0 spiro atoms. The van der Waals surface area contributed by atoms with E-state index in [2.05, 4.69) is 15.9 Å². The Balaban J connectivity index is 1.48. The van der Waals surface area contributed by atoms with Gasteiger partial charge in [0.15, 0.2) is 23.3 Å². The molecule has 0 unspecified atom stereocenters. The van der Waals surface area contributed by atoms with Crippen LogP contribution in [0.4, 0.5) is 0 Å². The van der Waals surface area contributed by atoms with Crippen LogP contribution in [-0.2, 0) is 23.7 Å². The molecule has 0 aliphatic carbocycles. The fourth-order valence-corrected chi connectivity index (χ4v) is 5.20. The summed E-state index contributed by atoms with van der Waals surface area (Å²) in [7, 11) is 0. The van der Waals surface area contributed by atoms with Gasteiger partial charge in [0.1, 0.15) is 12.7 Å². The number of alkyl halides is 1. The van der Waals surface area contributed by atoms with Crippen LogP contribution in [0.25, 0.3) is 0 Å². The predicted octanol–water partition coefficient (Wildman–Crippen LogP) is 5.64. The topological polar surface area (TPSA) is 114 Å². The van der Waals surface area contributed by atoms with Crippen molar-refractivity contribution < 1.29 is 42.9 Å². The van der Waals surface area contributed by atoms with Gasteiger partial charge in [-0.25, -0.2) is 19.2 Å². The van der Waals surface area contributed by atoms with E-state index in [1.54, 1.807) is 121 Å². The molecule has 0 radical (unpaired) electrons. The lowest BCUT2D eigenvalue weighted by molar-refractivity contribution is -0.205. The van der Waals surface area contributed by atoms with Gasteiger partial charge in [-0.15, -0.1) is 0 Å². The maximum atomic E-state index is 13.3. The first kappa shape index (κ1) is 30.7. The molecule has 1 aliphatic heterocycles. The predicted molar refractivity (Wildman–Crippen MR) is 161 cm³/mol. The Morgan fingerprint density at radius 3 is 1.25 bits per heavy atom. The van der Waals surface area contributed by atoms with E-state index in [-0.39, 0.29) is 23.3 Å². The zero-order valence-corrected chi connectivity index (χ0v) is 24.8. The Kier molecular flexibility index (Phi) is 10.2. The van der Waals surface area contributed by atoms with Crippen LogP contribution in [0.3, 0.4) is 0 Å². The van der Waals surface area contributed by atoms with E-state index >= 15 is 0 Å². The number of benzene rings is 4. The van der Waals surface area contributed by atoms with E-state index in [9.17, 15) is 19.2 Å². The number of carbonyl (C=O) groups excluding carboxylic acids is 4. The number of rotatable bonds is 9. The Hall–Kier alpha value is -4.80. The highest BCUT2D eigenvalue weighted by Gasteiger charge is 2.52. The van der Waals surface area contributed by atoms with Gasteiger partial charge < -0.3 is 23.7 Å². The summed E-state index contributed by atoms with van der Waals surface area (Å²) in [5, 5.41) is -1.05. The molecule has 0 aromatic heterocycles. The van der Waals surface area contributed by atoms with Crippen molar-refractivity contribution in [1.82, 2.24) is 0 Å². The van der Waals surface area contributed by atoms with Gasteiger partial charge in [-0.2, -0.15) is 0 Å². The second-order valence-corrected chi connectivity index (χ2v) is 10.6. The van der Waals surface area contributed by atoms with Gasteiger partial charge >= 0.3 is 23.9 Å². The van der Waals surface area contributed by atoms with Crippen LogP contribution in [0.1, 0.15) is 41.4 Å². The largest absolute Gasteiger partial charge is 0.459 e. The number of ether oxygens (including phenoxy) is 5. The molecule has 0 bridgehead atoms. The molecule has 0 amide bonds. The highest BCUT2D eigenvalue weighted by molar-refractivity contribution is 9.09. The minimum atomic E-state index is -1.37. The van der Waals surface area contributed by atoms with Gasteiger partial charge in [-0.1, -0.05) is 88.7 Å². The van der Waals surface area contributed by atoms with Gasteiger partial charge in [0.2, 0.25) is 0 Å².